The van der Waals surface area contributed by atoms with Gasteiger partial charge in [0.1, 0.15) is 6.04 Å². The zero-order chi connectivity index (χ0) is 16.5. The fourth-order valence-electron chi connectivity index (χ4n) is 3.62. The number of quaternary nitrogens is 1. The maximum Gasteiger partial charge on any atom is 0.221 e. The van der Waals surface area contributed by atoms with Gasteiger partial charge in [0.2, 0.25) is 4.77 Å². The lowest BCUT2D eigenvalue weighted by atomic mass is 9.98. The molecule has 0 radical (unpaired) electrons. The third kappa shape index (κ3) is 2.85. The molecule has 1 aliphatic heterocycles. The molecule has 0 spiro atoms. The van der Waals surface area contributed by atoms with Crippen LogP contribution in [0.5, 0.6) is 0 Å². The number of hydrogen-bond donors (Lipinski definition) is 2. The number of fused-ring (bicyclic) bond motifs is 1. The Morgan fingerprint density at radius 3 is 2.96 bits per heavy atom. The van der Waals surface area contributed by atoms with Gasteiger partial charge in [-0.1, -0.05) is 37.3 Å². The van der Waals surface area contributed by atoms with Crippen LogP contribution in [0, 0.1) is 4.77 Å². The quantitative estimate of drug-likeness (QED) is 0.704. The molecule has 0 amide bonds. The van der Waals surface area contributed by atoms with E-state index in [1.807, 2.05) is 34.2 Å². The summed E-state index contributed by atoms with van der Waals surface area (Å²) in [6.07, 6.45) is 2.30. The molecule has 1 aliphatic rings. The average Bonchev–Trinajstić information content (AvgIpc) is 3.22. The molecule has 6 heteroatoms. The highest BCUT2D eigenvalue weighted by atomic mass is 32.1. The largest absolute Gasteiger partial charge is 0.310 e. The number of nitrogens with one attached hydrogen (secondary N) is 2. The van der Waals surface area contributed by atoms with Crippen LogP contribution in [-0.2, 0) is 13.1 Å². The molecule has 0 saturated heterocycles. The van der Waals surface area contributed by atoms with Gasteiger partial charge in [-0.05, 0) is 23.7 Å². The number of H-pyrrole nitrogens is 1. The number of nitrogens with zero attached hydrogens (tertiary/aromatic N) is 2. The number of benzene rings is 1. The van der Waals surface area contributed by atoms with Crippen molar-refractivity contribution in [2.45, 2.75) is 32.5 Å². The van der Waals surface area contributed by atoms with Crippen molar-refractivity contribution in [3.63, 3.8) is 0 Å². The Balaban J connectivity index is 1.60. The number of hydrogen-bond acceptors (Lipinski definition) is 3. The third-order valence-corrected chi connectivity index (χ3v) is 6.13. The van der Waals surface area contributed by atoms with Crippen LogP contribution in [0.3, 0.4) is 0 Å². The molecule has 0 bridgehead atoms. The molecule has 1 aromatic carbocycles. The summed E-state index contributed by atoms with van der Waals surface area (Å²) >= 11 is 7.38. The summed E-state index contributed by atoms with van der Waals surface area (Å²) < 4.78 is 2.65. The van der Waals surface area contributed by atoms with Crippen LogP contribution in [0.25, 0.3) is 11.4 Å². The van der Waals surface area contributed by atoms with Crippen molar-refractivity contribution in [1.29, 1.82) is 0 Å². The van der Waals surface area contributed by atoms with Crippen LogP contribution in [0.4, 0.5) is 0 Å². The molecular formula is C18H21N4S2+. The minimum atomic E-state index is 0.547. The summed E-state index contributed by atoms with van der Waals surface area (Å²) in [5.74, 6) is 0.848. The summed E-state index contributed by atoms with van der Waals surface area (Å²) in [5.41, 5.74) is 2.60. The van der Waals surface area contributed by atoms with Crippen molar-refractivity contribution in [2.75, 3.05) is 6.54 Å². The summed E-state index contributed by atoms with van der Waals surface area (Å²) in [5, 5.41) is 5.62. The first kappa shape index (κ1) is 15.7. The predicted octanol–water partition coefficient (Wildman–Crippen LogP) is 3.22. The second kappa shape index (κ2) is 6.63. The molecule has 0 fully saturated rings. The van der Waals surface area contributed by atoms with E-state index >= 15 is 0 Å². The molecule has 2 N–H and O–H groups in total. The molecule has 2 aromatic heterocycles. The van der Waals surface area contributed by atoms with E-state index in [9.17, 15) is 0 Å². The fourth-order valence-corrected chi connectivity index (χ4v) is 4.77. The molecule has 124 valence electrons. The van der Waals surface area contributed by atoms with Gasteiger partial charge in [0.05, 0.1) is 6.54 Å². The molecule has 3 heterocycles. The summed E-state index contributed by atoms with van der Waals surface area (Å²) in [6.45, 7) is 4.26. The smallest absolute Gasteiger partial charge is 0.221 e. The summed E-state index contributed by atoms with van der Waals surface area (Å²) in [7, 11) is 0. The van der Waals surface area contributed by atoms with Gasteiger partial charge in [0.15, 0.2) is 12.5 Å². The van der Waals surface area contributed by atoms with E-state index in [4.69, 9.17) is 12.2 Å². The van der Waals surface area contributed by atoms with Crippen molar-refractivity contribution in [3.8, 4) is 11.4 Å². The number of aromatic amines is 1. The first-order chi connectivity index (χ1) is 11.8. The Morgan fingerprint density at radius 2 is 2.17 bits per heavy atom. The van der Waals surface area contributed by atoms with Gasteiger partial charge in [-0.15, -0.1) is 11.3 Å². The SMILES string of the molecule is CC[C@H]1c2ccsc2CC[NH+]1Cn1[nH]c(-c2ccccc2)nc1=S. The van der Waals surface area contributed by atoms with Crippen molar-refractivity contribution in [2.24, 2.45) is 0 Å². The molecule has 4 rings (SSSR count). The molecule has 0 aliphatic carbocycles. The highest BCUT2D eigenvalue weighted by molar-refractivity contribution is 7.71. The van der Waals surface area contributed by atoms with Crippen molar-refractivity contribution >= 4 is 23.6 Å². The lowest BCUT2D eigenvalue weighted by molar-refractivity contribution is -0.956. The number of rotatable bonds is 4. The van der Waals surface area contributed by atoms with Crippen LogP contribution in [0.2, 0.25) is 0 Å². The zero-order valence-electron chi connectivity index (χ0n) is 13.7. The molecule has 2 atom stereocenters. The number of thiophene rings is 1. The van der Waals surface area contributed by atoms with Crippen molar-refractivity contribution < 1.29 is 4.90 Å². The average molecular weight is 358 g/mol. The Labute approximate surface area is 150 Å². The van der Waals surface area contributed by atoms with E-state index in [2.05, 4.69) is 40.6 Å². The third-order valence-electron chi connectivity index (χ3n) is 4.82. The van der Waals surface area contributed by atoms with Gasteiger partial charge in [-0.2, -0.15) is 4.98 Å². The first-order valence-electron chi connectivity index (χ1n) is 8.39. The maximum absolute atomic E-state index is 5.49. The standard InChI is InChI=1S/C18H20N4S2/c1-2-15-14-9-11-24-16(14)8-10-21(15)12-22-18(23)19-17(20-22)13-6-4-3-5-7-13/h3-7,9,11,15H,2,8,10,12H2,1H3,(H,19,20,23)/p+1/t15-/m0/s1. The minimum Gasteiger partial charge on any atom is -0.310 e. The Morgan fingerprint density at radius 1 is 1.33 bits per heavy atom. The fraction of sp³-hybridized carbons (Fsp3) is 0.333. The second-order valence-corrected chi connectivity index (χ2v) is 7.59. The topological polar surface area (TPSA) is 38.0 Å². The maximum atomic E-state index is 5.49. The Bertz CT molecular complexity index is 878. The van der Waals surface area contributed by atoms with E-state index in [-0.39, 0.29) is 0 Å². The monoisotopic (exact) mass is 357 g/mol. The minimum absolute atomic E-state index is 0.547. The van der Waals surface area contributed by atoms with E-state index in [0.29, 0.717) is 10.8 Å². The zero-order valence-corrected chi connectivity index (χ0v) is 15.3. The van der Waals surface area contributed by atoms with E-state index < -0.39 is 0 Å². The first-order valence-corrected chi connectivity index (χ1v) is 9.68. The Hall–Kier alpha value is -1.76. The second-order valence-electron chi connectivity index (χ2n) is 6.23. The van der Waals surface area contributed by atoms with Crippen LogP contribution in [0.1, 0.15) is 29.8 Å². The highest BCUT2D eigenvalue weighted by Crippen LogP contribution is 2.26. The van der Waals surface area contributed by atoms with Gasteiger partial charge in [-0.3, -0.25) is 5.10 Å². The van der Waals surface area contributed by atoms with Crippen LogP contribution < -0.4 is 4.90 Å². The predicted molar refractivity (Wildman–Crippen MR) is 99.7 cm³/mol. The van der Waals surface area contributed by atoms with Gasteiger partial charge in [0.25, 0.3) is 0 Å². The molecular weight excluding hydrogens is 336 g/mol. The summed E-state index contributed by atoms with van der Waals surface area (Å²) in [4.78, 5) is 7.66. The van der Waals surface area contributed by atoms with Crippen molar-refractivity contribution in [1.82, 2.24) is 14.8 Å². The van der Waals surface area contributed by atoms with E-state index in [1.54, 1.807) is 9.78 Å². The van der Waals surface area contributed by atoms with Crippen LogP contribution in [-0.4, -0.2) is 21.3 Å². The molecule has 24 heavy (non-hydrogen) atoms. The van der Waals surface area contributed by atoms with Crippen LogP contribution >= 0.6 is 23.6 Å². The molecule has 1 unspecified atom stereocenters. The normalized spacial score (nSPS) is 20.0. The Kier molecular flexibility index (Phi) is 4.35. The van der Waals surface area contributed by atoms with Gasteiger partial charge in [-0.25, -0.2) is 4.68 Å². The van der Waals surface area contributed by atoms with E-state index in [1.165, 1.54) is 5.56 Å². The molecule has 0 saturated carbocycles. The van der Waals surface area contributed by atoms with Crippen LogP contribution in [0.15, 0.2) is 41.8 Å². The number of aromatic nitrogens is 3. The van der Waals surface area contributed by atoms with Gasteiger partial charge >= 0.3 is 0 Å². The lowest BCUT2D eigenvalue weighted by Crippen LogP contribution is -3.12. The van der Waals surface area contributed by atoms with Gasteiger partial charge < -0.3 is 4.90 Å². The molecule has 4 nitrogen and oxygen atoms in total. The highest BCUT2D eigenvalue weighted by Gasteiger charge is 2.30. The molecule has 3 aromatic rings. The van der Waals surface area contributed by atoms with Crippen molar-refractivity contribution in [3.05, 3.63) is 57.0 Å². The lowest BCUT2D eigenvalue weighted by Gasteiger charge is -2.32. The van der Waals surface area contributed by atoms with E-state index in [0.717, 1.165) is 37.4 Å². The van der Waals surface area contributed by atoms with Gasteiger partial charge in [0, 0.05) is 28.8 Å². The summed E-state index contributed by atoms with van der Waals surface area (Å²) in [6, 6.07) is 13.0.